The highest BCUT2D eigenvalue weighted by molar-refractivity contribution is 4.94. The number of rotatable bonds is 3. The van der Waals surface area contributed by atoms with Crippen LogP contribution < -0.4 is 5.32 Å². The first-order chi connectivity index (χ1) is 9.27. The second kappa shape index (κ2) is 6.11. The normalized spacial score (nSPS) is 35.1. The van der Waals surface area contributed by atoms with E-state index in [0.717, 1.165) is 18.6 Å². The number of nitrogens with zero attached hydrogens (tertiary/aromatic N) is 1. The van der Waals surface area contributed by atoms with E-state index in [1.165, 1.54) is 71.0 Å². The van der Waals surface area contributed by atoms with Crippen molar-refractivity contribution in [2.24, 2.45) is 5.92 Å². The molecule has 3 heteroatoms. The summed E-state index contributed by atoms with van der Waals surface area (Å²) < 4.78 is 6.16. The summed E-state index contributed by atoms with van der Waals surface area (Å²) in [5.74, 6) is 0.862. The molecule has 2 unspecified atom stereocenters. The molecule has 0 aromatic rings. The Balaban J connectivity index is 1.52. The van der Waals surface area contributed by atoms with E-state index in [0.29, 0.717) is 0 Å². The molecule has 0 aromatic heterocycles. The molecule has 2 atom stereocenters. The summed E-state index contributed by atoms with van der Waals surface area (Å²) >= 11 is 0. The minimum Gasteiger partial charge on any atom is -0.375 e. The Kier molecular flexibility index (Phi) is 4.45. The fraction of sp³-hybridized carbons (Fsp3) is 1.00. The average molecular weight is 266 g/mol. The zero-order valence-electron chi connectivity index (χ0n) is 12.5. The highest BCUT2D eigenvalue weighted by Gasteiger charge is 2.41. The molecule has 3 fully saturated rings. The number of piperidine rings is 1. The van der Waals surface area contributed by atoms with Crippen LogP contribution in [0.2, 0.25) is 0 Å². The standard InChI is InChI=1S/C16H30N2O/c1-18(13-14-5-4-9-17-12-14)15-6-10-19-16(11-15)7-2-3-8-16/h14-15,17H,2-13H2,1H3. The Bertz CT molecular complexity index is 282. The van der Waals surface area contributed by atoms with E-state index in [1.807, 2.05) is 0 Å². The van der Waals surface area contributed by atoms with Gasteiger partial charge in [-0.25, -0.2) is 0 Å². The SMILES string of the molecule is CN(CC1CCCNC1)C1CCOC2(CCCC2)C1. The van der Waals surface area contributed by atoms with Gasteiger partial charge in [0.15, 0.2) is 0 Å². The molecular weight excluding hydrogens is 236 g/mol. The lowest BCUT2D eigenvalue weighted by molar-refractivity contribution is -0.100. The van der Waals surface area contributed by atoms with Crippen LogP contribution in [0.25, 0.3) is 0 Å². The van der Waals surface area contributed by atoms with Crippen molar-refractivity contribution in [3.8, 4) is 0 Å². The summed E-state index contributed by atoms with van der Waals surface area (Å²) in [6.45, 7) is 4.70. The predicted octanol–water partition coefficient (Wildman–Crippen LogP) is 2.41. The monoisotopic (exact) mass is 266 g/mol. The third-order valence-electron chi connectivity index (χ3n) is 5.55. The Morgan fingerprint density at radius 1 is 1.21 bits per heavy atom. The maximum atomic E-state index is 6.16. The van der Waals surface area contributed by atoms with Gasteiger partial charge in [0, 0.05) is 19.2 Å². The molecule has 1 saturated carbocycles. The van der Waals surface area contributed by atoms with Crippen LogP contribution in [0, 0.1) is 5.92 Å². The first-order valence-electron chi connectivity index (χ1n) is 8.32. The quantitative estimate of drug-likeness (QED) is 0.849. The molecule has 19 heavy (non-hydrogen) atoms. The Hall–Kier alpha value is -0.120. The van der Waals surface area contributed by atoms with Crippen LogP contribution in [0.15, 0.2) is 0 Å². The van der Waals surface area contributed by atoms with Gasteiger partial charge in [0.1, 0.15) is 0 Å². The van der Waals surface area contributed by atoms with Crippen LogP contribution in [0.1, 0.15) is 51.4 Å². The topological polar surface area (TPSA) is 24.5 Å². The van der Waals surface area contributed by atoms with Gasteiger partial charge in [-0.1, -0.05) is 12.8 Å². The van der Waals surface area contributed by atoms with Gasteiger partial charge in [-0.15, -0.1) is 0 Å². The molecule has 1 N–H and O–H groups in total. The van der Waals surface area contributed by atoms with Gasteiger partial charge < -0.3 is 15.0 Å². The van der Waals surface area contributed by atoms with E-state index in [2.05, 4.69) is 17.3 Å². The maximum Gasteiger partial charge on any atom is 0.0697 e. The largest absolute Gasteiger partial charge is 0.375 e. The summed E-state index contributed by atoms with van der Waals surface area (Å²) in [4.78, 5) is 2.64. The highest BCUT2D eigenvalue weighted by atomic mass is 16.5. The molecule has 0 bridgehead atoms. The number of nitrogens with one attached hydrogen (secondary N) is 1. The van der Waals surface area contributed by atoms with Crippen molar-refractivity contribution in [3.05, 3.63) is 0 Å². The van der Waals surface area contributed by atoms with Crippen molar-refractivity contribution in [1.82, 2.24) is 10.2 Å². The summed E-state index contributed by atoms with van der Waals surface area (Å²) in [5, 5.41) is 3.54. The molecule has 2 saturated heterocycles. The van der Waals surface area contributed by atoms with E-state index < -0.39 is 0 Å². The lowest BCUT2D eigenvalue weighted by atomic mass is 9.87. The zero-order chi connectivity index (χ0) is 13.1. The summed E-state index contributed by atoms with van der Waals surface area (Å²) in [7, 11) is 2.34. The van der Waals surface area contributed by atoms with Crippen LogP contribution >= 0.6 is 0 Å². The minimum atomic E-state index is 0.266. The Labute approximate surface area is 118 Å². The third-order valence-corrected chi connectivity index (χ3v) is 5.55. The molecule has 0 amide bonds. The smallest absolute Gasteiger partial charge is 0.0697 e. The van der Waals surface area contributed by atoms with Gasteiger partial charge in [0.05, 0.1) is 5.60 Å². The van der Waals surface area contributed by atoms with Gasteiger partial charge >= 0.3 is 0 Å². The van der Waals surface area contributed by atoms with Crippen LogP contribution in [0.3, 0.4) is 0 Å². The first kappa shape index (κ1) is 13.8. The number of hydrogen-bond acceptors (Lipinski definition) is 3. The molecule has 3 nitrogen and oxygen atoms in total. The molecule has 3 rings (SSSR count). The second-order valence-corrected chi connectivity index (χ2v) is 7.04. The Morgan fingerprint density at radius 2 is 2.05 bits per heavy atom. The number of ether oxygens (including phenoxy) is 1. The molecular formula is C16H30N2O. The summed E-state index contributed by atoms with van der Waals surface area (Å²) in [6, 6.07) is 0.758. The van der Waals surface area contributed by atoms with Crippen molar-refractivity contribution in [2.45, 2.75) is 63.0 Å². The van der Waals surface area contributed by atoms with Gasteiger partial charge in [0.25, 0.3) is 0 Å². The van der Waals surface area contributed by atoms with Crippen LogP contribution in [-0.4, -0.2) is 49.8 Å². The highest BCUT2D eigenvalue weighted by Crippen LogP contribution is 2.41. The van der Waals surface area contributed by atoms with Gasteiger partial charge in [-0.05, 0) is 64.6 Å². The van der Waals surface area contributed by atoms with Gasteiger partial charge in [-0.2, -0.15) is 0 Å². The van der Waals surface area contributed by atoms with Crippen molar-refractivity contribution in [2.75, 3.05) is 33.3 Å². The summed E-state index contributed by atoms with van der Waals surface area (Å²) in [6.07, 6.45) is 10.7. The molecule has 1 spiro atoms. The molecule has 110 valence electrons. The van der Waals surface area contributed by atoms with E-state index in [4.69, 9.17) is 4.74 Å². The first-order valence-corrected chi connectivity index (χ1v) is 8.32. The van der Waals surface area contributed by atoms with Gasteiger partial charge in [-0.3, -0.25) is 0 Å². The molecule has 2 heterocycles. The Morgan fingerprint density at radius 3 is 2.79 bits per heavy atom. The van der Waals surface area contributed by atoms with E-state index in [1.54, 1.807) is 0 Å². The molecule has 2 aliphatic heterocycles. The number of hydrogen-bond donors (Lipinski definition) is 1. The third kappa shape index (κ3) is 3.32. The van der Waals surface area contributed by atoms with Crippen LogP contribution in [0.5, 0.6) is 0 Å². The van der Waals surface area contributed by atoms with E-state index >= 15 is 0 Å². The summed E-state index contributed by atoms with van der Waals surface area (Å²) in [5.41, 5.74) is 0.266. The fourth-order valence-corrected chi connectivity index (χ4v) is 4.38. The molecule has 3 aliphatic rings. The van der Waals surface area contributed by atoms with Gasteiger partial charge in [0.2, 0.25) is 0 Å². The average Bonchev–Trinajstić information content (AvgIpc) is 2.88. The molecule has 0 aromatic carbocycles. The minimum absolute atomic E-state index is 0.266. The lowest BCUT2D eigenvalue weighted by Gasteiger charge is -2.43. The second-order valence-electron chi connectivity index (χ2n) is 7.04. The molecule has 0 radical (unpaired) electrons. The van der Waals surface area contributed by atoms with Crippen molar-refractivity contribution in [1.29, 1.82) is 0 Å². The molecule has 1 aliphatic carbocycles. The maximum absolute atomic E-state index is 6.16. The fourth-order valence-electron chi connectivity index (χ4n) is 4.38. The van der Waals surface area contributed by atoms with Crippen LogP contribution in [-0.2, 0) is 4.74 Å². The van der Waals surface area contributed by atoms with Crippen LogP contribution in [0.4, 0.5) is 0 Å². The lowest BCUT2D eigenvalue weighted by Crippen LogP contribution is -2.48. The van der Waals surface area contributed by atoms with E-state index in [-0.39, 0.29) is 5.60 Å². The predicted molar refractivity (Wildman–Crippen MR) is 78.4 cm³/mol. The van der Waals surface area contributed by atoms with Crippen molar-refractivity contribution in [3.63, 3.8) is 0 Å². The van der Waals surface area contributed by atoms with Crippen molar-refractivity contribution >= 4 is 0 Å². The zero-order valence-corrected chi connectivity index (χ0v) is 12.5. The van der Waals surface area contributed by atoms with Crippen molar-refractivity contribution < 1.29 is 4.74 Å². The van der Waals surface area contributed by atoms with E-state index in [9.17, 15) is 0 Å².